The van der Waals surface area contributed by atoms with Crippen LogP contribution in [0.5, 0.6) is 0 Å². The molecule has 8 nitrogen and oxygen atoms in total. The lowest BCUT2D eigenvalue weighted by molar-refractivity contribution is -0.154. The number of nitrogens with one attached hydrogen (secondary N) is 2. The number of hydrogen-bond acceptors (Lipinski definition) is 6. The molecule has 0 spiro atoms. The molecule has 1 aliphatic heterocycles. The average molecular weight is 358 g/mol. The molecule has 2 heterocycles. The first-order valence-electron chi connectivity index (χ1n) is 7.60. The second-order valence-corrected chi connectivity index (χ2v) is 5.59. The quantitative estimate of drug-likeness (QED) is 0.634. The molecule has 2 N–H and O–H groups in total. The Kier molecular flexibility index (Phi) is 4.29. The minimum absolute atomic E-state index is 0.0142. The molecule has 1 aromatic heterocycles. The largest absolute Gasteiger partial charge is 0.414 e. The molecule has 3 rings (SSSR count). The summed E-state index contributed by atoms with van der Waals surface area (Å²) in [5.74, 6) is -2.92. The molecule has 0 radical (unpaired) electrons. The van der Waals surface area contributed by atoms with Crippen molar-refractivity contribution < 1.29 is 18.7 Å². The summed E-state index contributed by atoms with van der Waals surface area (Å²) in [6, 6.07) is 7.12. The number of aliphatic imine (C=N–C) groups is 1. The van der Waals surface area contributed by atoms with E-state index in [2.05, 4.69) is 15.6 Å². The molecule has 9 heteroatoms. The van der Waals surface area contributed by atoms with E-state index in [1.165, 1.54) is 49.0 Å². The zero-order valence-corrected chi connectivity index (χ0v) is 13.9. The number of esters is 1. The SMILES string of the molecule is CC(=O)OC1(c2ccccc2F)N=Cc2cc(NC=O)c(=O)n(C)c2N1. The summed E-state index contributed by atoms with van der Waals surface area (Å²) in [5.41, 5.74) is -0.000468. The van der Waals surface area contributed by atoms with Crippen LogP contribution < -0.4 is 16.2 Å². The predicted octanol–water partition coefficient (Wildman–Crippen LogP) is 1.31. The lowest BCUT2D eigenvalue weighted by atomic mass is 10.1. The number of carbonyl (C=O) groups excluding carboxylic acids is 2. The maximum atomic E-state index is 14.4. The topological polar surface area (TPSA) is 102 Å². The third-order valence-corrected chi connectivity index (χ3v) is 3.86. The molecule has 1 aromatic carbocycles. The van der Waals surface area contributed by atoms with Gasteiger partial charge in [0, 0.05) is 25.7 Å². The van der Waals surface area contributed by atoms with Crippen LogP contribution in [0, 0.1) is 5.82 Å². The van der Waals surface area contributed by atoms with Gasteiger partial charge in [0.25, 0.3) is 5.56 Å². The Morgan fingerprint density at radius 2 is 2.15 bits per heavy atom. The van der Waals surface area contributed by atoms with Gasteiger partial charge in [0.1, 0.15) is 17.3 Å². The van der Waals surface area contributed by atoms with Crippen LogP contribution in [0.25, 0.3) is 0 Å². The van der Waals surface area contributed by atoms with Crippen molar-refractivity contribution in [3.8, 4) is 0 Å². The summed E-state index contributed by atoms with van der Waals surface area (Å²) in [6.45, 7) is 1.17. The number of halogens is 1. The van der Waals surface area contributed by atoms with E-state index in [-0.39, 0.29) is 17.1 Å². The number of benzene rings is 1. The van der Waals surface area contributed by atoms with Crippen molar-refractivity contribution in [3.05, 3.63) is 57.6 Å². The third-order valence-electron chi connectivity index (χ3n) is 3.86. The minimum atomic E-state index is -1.85. The van der Waals surface area contributed by atoms with Crippen molar-refractivity contribution in [1.29, 1.82) is 0 Å². The number of aromatic nitrogens is 1. The molecule has 2 aromatic rings. The number of ether oxygens (including phenoxy) is 1. The van der Waals surface area contributed by atoms with E-state index >= 15 is 0 Å². The molecular formula is C17H15FN4O4. The molecule has 0 bridgehead atoms. The van der Waals surface area contributed by atoms with E-state index in [1.54, 1.807) is 6.07 Å². The number of carbonyl (C=O) groups is 2. The first-order valence-corrected chi connectivity index (χ1v) is 7.60. The molecule has 1 unspecified atom stereocenters. The standard InChI is InChI=1S/C17H15FN4O4/c1-10(24)26-17(12-5-3-4-6-13(12)18)20-8-11-7-14(19-9-23)16(25)22(2)15(11)21-17/h3-9,21H,1-2H3,(H,19,23). The van der Waals surface area contributed by atoms with Gasteiger partial charge in [-0.3, -0.25) is 19.0 Å². The highest BCUT2D eigenvalue weighted by Gasteiger charge is 2.41. The number of hydrogen-bond donors (Lipinski definition) is 2. The minimum Gasteiger partial charge on any atom is -0.414 e. The van der Waals surface area contributed by atoms with Crippen LogP contribution in [-0.4, -0.2) is 23.2 Å². The number of pyridine rings is 1. The Bertz CT molecular complexity index is 985. The van der Waals surface area contributed by atoms with Gasteiger partial charge in [-0.15, -0.1) is 0 Å². The summed E-state index contributed by atoms with van der Waals surface area (Å²) in [5, 5.41) is 5.16. The van der Waals surface area contributed by atoms with Gasteiger partial charge in [-0.2, -0.15) is 0 Å². The molecule has 0 aliphatic carbocycles. The van der Waals surface area contributed by atoms with Crippen LogP contribution in [0.3, 0.4) is 0 Å². The lowest BCUT2D eigenvalue weighted by Crippen LogP contribution is -2.43. The molecule has 1 atom stereocenters. The molecular weight excluding hydrogens is 343 g/mol. The third kappa shape index (κ3) is 2.83. The molecule has 1 amide bonds. The van der Waals surface area contributed by atoms with Gasteiger partial charge in [-0.05, 0) is 18.2 Å². The van der Waals surface area contributed by atoms with Crippen LogP contribution in [0.2, 0.25) is 0 Å². The summed E-state index contributed by atoms with van der Waals surface area (Å²) in [4.78, 5) is 38.8. The van der Waals surface area contributed by atoms with Gasteiger partial charge in [-0.1, -0.05) is 12.1 Å². The fourth-order valence-electron chi connectivity index (χ4n) is 2.72. The zero-order valence-electron chi connectivity index (χ0n) is 13.9. The van der Waals surface area contributed by atoms with Crippen molar-refractivity contribution in [2.75, 3.05) is 10.6 Å². The van der Waals surface area contributed by atoms with Crippen molar-refractivity contribution in [3.63, 3.8) is 0 Å². The van der Waals surface area contributed by atoms with Crippen LogP contribution in [0.4, 0.5) is 15.9 Å². The number of rotatable bonds is 4. The van der Waals surface area contributed by atoms with Crippen molar-refractivity contribution in [2.24, 2.45) is 12.0 Å². The monoisotopic (exact) mass is 358 g/mol. The van der Waals surface area contributed by atoms with Gasteiger partial charge in [0.05, 0.1) is 5.56 Å². The average Bonchev–Trinajstić information content (AvgIpc) is 2.60. The summed E-state index contributed by atoms with van der Waals surface area (Å²) in [6.07, 6.45) is 1.73. The Hall–Kier alpha value is -3.49. The Labute approximate surface area is 147 Å². The number of nitrogens with zero attached hydrogens (tertiary/aromatic N) is 2. The molecule has 26 heavy (non-hydrogen) atoms. The number of anilines is 2. The highest BCUT2D eigenvalue weighted by molar-refractivity contribution is 5.91. The van der Waals surface area contributed by atoms with Gasteiger partial charge < -0.3 is 15.4 Å². The second kappa shape index (κ2) is 6.43. The van der Waals surface area contributed by atoms with Gasteiger partial charge in [0.2, 0.25) is 6.41 Å². The second-order valence-electron chi connectivity index (χ2n) is 5.59. The number of fused-ring (bicyclic) bond motifs is 1. The van der Waals surface area contributed by atoms with Crippen LogP contribution in [0.15, 0.2) is 40.1 Å². The molecule has 0 fully saturated rings. The fourth-order valence-corrected chi connectivity index (χ4v) is 2.72. The Morgan fingerprint density at radius 3 is 2.81 bits per heavy atom. The van der Waals surface area contributed by atoms with Crippen molar-refractivity contribution in [1.82, 2.24) is 4.57 Å². The summed E-state index contributed by atoms with van der Waals surface area (Å²) in [7, 11) is 1.46. The van der Waals surface area contributed by atoms with Gasteiger partial charge in [-0.25, -0.2) is 9.38 Å². The maximum Gasteiger partial charge on any atom is 0.313 e. The van der Waals surface area contributed by atoms with Crippen LogP contribution in [-0.2, 0) is 27.2 Å². The molecule has 1 aliphatic rings. The number of amides is 1. The van der Waals surface area contributed by atoms with E-state index < -0.39 is 23.2 Å². The first kappa shape index (κ1) is 17.3. The first-order chi connectivity index (χ1) is 12.4. The smallest absolute Gasteiger partial charge is 0.313 e. The van der Waals surface area contributed by atoms with Gasteiger partial charge in [0.15, 0.2) is 0 Å². The highest BCUT2D eigenvalue weighted by atomic mass is 19.1. The fraction of sp³-hybridized carbons (Fsp3) is 0.176. The van der Waals surface area contributed by atoms with E-state index in [9.17, 15) is 18.8 Å². The van der Waals surface area contributed by atoms with Crippen LogP contribution >= 0.6 is 0 Å². The van der Waals surface area contributed by atoms with Crippen LogP contribution in [0.1, 0.15) is 18.1 Å². The Balaban J connectivity index is 2.19. The van der Waals surface area contributed by atoms with E-state index in [0.29, 0.717) is 12.0 Å². The molecule has 134 valence electrons. The molecule has 0 saturated heterocycles. The predicted molar refractivity (Wildman–Crippen MR) is 92.4 cm³/mol. The summed E-state index contributed by atoms with van der Waals surface area (Å²) < 4.78 is 20.9. The van der Waals surface area contributed by atoms with Crippen molar-refractivity contribution in [2.45, 2.75) is 12.8 Å². The lowest BCUT2D eigenvalue weighted by Gasteiger charge is -2.35. The highest BCUT2D eigenvalue weighted by Crippen LogP contribution is 2.35. The molecule has 0 saturated carbocycles. The van der Waals surface area contributed by atoms with E-state index in [4.69, 9.17) is 4.74 Å². The van der Waals surface area contributed by atoms with Gasteiger partial charge >= 0.3 is 11.8 Å². The maximum absolute atomic E-state index is 14.4. The normalized spacial score (nSPS) is 17.8. The van der Waals surface area contributed by atoms with Crippen molar-refractivity contribution >= 4 is 30.1 Å². The van der Waals surface area contributed by atoms with E-state index in [1.807, 2.05) is 0 Å². The Morgan fingerprint density at radius 1 is 1.42 bits per heavy atom. The zero-order chi connectivity index (χ0) is 18.9. The summed E-state index contributed by atoms with van der Waals surface area (Å²) >= 11 is 0. The van der Waals surface area contributed by atoms with E-state index in [0.717, 1.165) is 0 Å².